The molecule has 8 nitrogen and oxygen atoms in total. The Morgan fingerprint density at radius 1 is 1.09 bits per heavy atom. The molecule has 2 heterocycles. The third kappa shape index (κ3) is 6.81. The fourth-order valence-electron chi connectivity index (χ4n) is 8.06. The van der Waals surface area contributed by atoms with Crippen LogP contribution in [0.15, 0.2) is 48.5 Å². The van der Waals surface area contributed by atoms with E-state index in [0.717, 1.165) is 49.2 Å². The molecule has 1 N–H and O–H groups in total. The van der Waals surface area contributed by atoms with Crippen molar-refractivity contribution in [1.82, 2.24) is 10.2 Å². The number of hydrogen-bond acceptors (Lipinski definition) is 7. The van der Waals surface area contributed by atoms with Gasteiger partial charge in [0.15, 0.2) is 0 Å². The van der Waals surface area contributed by atoms with Gasteiger partial charge in [0.25, 0.3) is 0 Å². The third-order valence-corrected chi connectivity index (χ3v) is 10.6. The maximum atomic E-state index is 13.6. The van der Waals surface area contributed by atoms with Crippen LogP contribution >= 0.6 is 0 Å². The van der Waals surface area contributed by atoms with Crippen LogP contribution < -0.4 is 10.1 Å². The van der Waals surface area contributed by atoms with Crippen molar-refractivity contribution in [3.8, 4) is 5.75 Å². The van der Waals surface area contributed by atoms with Gasteiger partial charge in [0.1, 0.15) is 17.5 Å². The number of hydrogen-bond donors (Lipinski definition) is 1. The molecule has 9 heteroatoms. The van der Waals surface area contributed by atoms with Crippen molar-refractivity contribution in [1.29, 1.82) is 0 Å². The molecule has 3 saturated carbocycles. The molecule has 45 heavy (non-hydrogen) atoms. The average Bonchev–Trinajstić information content (AvgIpc) is 3.53. The zero-order valence-corrected chi connectivity index (χ0v) is 27.9. The number of ether oxygens (including phenoxy) is 2. The normalized spacial score (nSPS) is 29.4. The summed E-state index contributed by atoms with van der Waals surface area (Å²) in [6.07, 6.45) is 3.94. The molecule has 6 atom stereocenters. The Morgan fingerprint density at radius 3 is 2.56 bits per heavy atom. The smallest absolute Gasteiger partial charge is 0.482 e. The minimum absolute atomic E-state index is 0.00441. The molecule has 1 amide bonds. The largest absolute Gasteiger partial charge is 0.489 e. The van der Waals surface area contributed by atoms with Crippen molar-refractivity contribution in [2.45, 2.75) is 103 Å². The molecule has 2 saturated heterocycles. The second-order valence-electron chi connectivity index (χ2n) is 15.5. The number of likely N-dealkylation sites (tertiary alicyclic amines) is 1. The van der Waals surface area contributed by atoms with Crippen molar-refractivity contribution in [2.24, 2.45) is 17.3 Å². The maximum absolute atomic E-state index is 13.6. The molecule has 2 aromatic rings. The van der Waals surface area contributed by atoms with Crippen LogP contribution in [0.25, 0.3) is 0 Å². The Labute approximate surface area is 268 Å². The number of esters is 1. The predicted octanol–water partition coefficient (Wildman–Crippen LogP) is 5.26. The van der Waals surface area contributed by atoms with Gasteiger partial charge in [0.05, 0.1) is 29.6 Å². The van der Waals surface area contributed by atoms with Crippen molar-refractivity contribution in [3.05, 3.63) is 65.2 Å². The highest BCUT2D eigenvalue weighted by molar-refractivity contribution is 6.48. The zero-order valence-electron chi connectivity index (χ0n) is 27.9. The van der Waals surface area contributed by atoms with Crippen molar-refractivity contribution in [3.63, 3.8) is 0 Å². The number of carbonyl (C=O) groups excluding carboxylic acids is 2. The number of benzene rings is 2. The molecular weight excluding hydrogens is 567 g/mol. The van der Waals surface area contributed by atoms with Gasteiger partial charge in [-0.15, -0.1) is 0 Å². The minimum Gasteiger partial charge on any atom is -0.489 e. The molecule has 0 aromatic heterocycles. The lowest BCUT2D eigenvalue weighted by molar-refractivity contribution is -0.199. The van der Waals surface area contributed by atoms with E-state index >= 15 is 0 Å². The van der Waals surface area contributed by atoms with Crippen molar-refractivity contribution < 1.29 is 28.4 Å². The number of nitrogens with zero attached hydrogens (tertiary/aromatic N) is 1. The summed E-state index contributed by atoms with van der Waals surface area (Å²) in [6.45, 7) is 14.4. The van der Waals surface area contributed by atoms with E-state index in [9.17, 15) is 9.59 Å². The van der Waals surface area contributed by atoms with Gasteiger partial charge >= 0.3 is 13.1 Å². The molecule has 5 fully saturated rings. The molecule has 7 rings (SSSR count). The summed E-state index contributed by atoms with van der Waals surface area (Å²) in [4.78, 5) is 28.7. The Hall–Kier alpha value is -2.88. The Morgan fingerprint density at radius 2 is 1.84 bits per heavy atom. The van der Waals surface area contributed by atoms with Crippen LogP contribution in [0, 0.1) is 17.3 Å². The van der Waals surface area contributed by atoms with E-state index in [1.165, 1.54) is 0 Å². The van der Waals surface area contributed by atoms with E-state index in [1.54, 1.807) is 6.07 Å². The van der Waals surface area contributed by atoms with Gasteiger partial charge < -0.3 is 29.0 Å². The van der Waals surface area contributed by atoms with Crippen LogP contribution in [-0.4, -0.2) is 73.4 Å². The molecule has 2 bridgehead atoms. The van der Waals surface area contributed by atoms with Crippen LogP contribution in [0.3, 0.4) is 0 Å². The van der Waals surface area contributed by atoms with E-state index in [-0.39, 0.29) is 35.9 Å². The minimum atomic E-state index is -0.599. The Balaban J connectivity index is 1.19. The lowest BCUT2D eigenvalue weighted by Crippen LogP contribution is -2.65. The Kier molecular flexibility index (Phi) is 8.59. The first-order chi connectivity index (χ1) is 21.2. The molecule has 2 aromatic carbocycles. The lowest BCUT2D eigenvalue weighted by atomic mass is 9.43. The van der Waals surface area contributed by atoms with Gasteiger partial charge in [-0.3, -0.25) is 4.79 Å². The van der Waals surface area contributed by atoms with Crippen molar-refractivity contribution >= 4 is 19.0 Å². The number of carbonyl (C=O) groups is 2. The SMILES string of the molecule is CN1CCC(Oc2cccc(CC(=O)NC(Cc3cccc(C(=O)OC(C)(C)C)c3)B3OC4CC5CC(C5(C)C)C4(C)O3)c2)C1. The fourth-order valence-corrected chi connectivity index (χ4v) is 8.06. The van der Waals surface area contributed by atoms with Gasteiger partial charge in [-0.2, -0.15) is 0 Å². The standard InChI is InChI=1S/C36H49BN2O6/c1-34(2,3)43-33(41)25-12-8-10-23(16-25)18-31(37-44-30-21-26-20-29(35(26,4)5)36(30,6)45-37)38-32(40)19-24-11-9-13-27(17-24)42-28-14-15-39(7)22-28/h8-13,16-17,26,28-31H,14-15,18-22H2,1-7H3,(H,38,40). The predicted molar refractivity (Wildman–Crippen MR) is 174 cm³/mol. The van der Waals surface area contributed by atoms with E-state index in [1.807, 2.05) is 63.2 Å². The number of rotatable bonds is 9. The molecular formula is C36H49BN2O6. The average molecular weight is 617 g/mol. The first kappa shape index (κ1) is 32.1. The second kappa shape index (κ2) is 12.1. The summed E-state index contributed by atoms with van der Waals surface area (Å²) in [5.41, 5.74) is 1.49. The van der Waals surface area contributed by atoms with Gasteiger partial charge in [0.2, 0.25) is 5.91 Å². The summed E-state index contributed by atoms with van der Waals surface area (Å²) in [5, 5.41) is 3.26. The first-order valence-corrected chi connectivity index (χ1v) is 16.6. The molecule has 0 radical (unpaired) electrons. The van der Waals surface area contributed by atoms with Crippen LogP contribution in [0.1, 0.15) is 82.3 Å². The van der Waals surface area contributed by atoms with Crippen LogP contribution in [0.2, 0.25) is 0 Å². The highest BCUT2D eigenvalue weighted by Crippen LogP contribution is 2.65. The Bertz CT molecular complexity index is 1420. The second-order valence-corrected chi connectivity index (χ2v) is 15.5. The summed E-state index contributed by atoms with van der Waals surface area (Å²) in [5.74, 6) is 0.899. The summed E-state index contributed by atoms with van der Waals surface area (Å²) in [7, 11) is 1.50. The van der Waals surface area contributed by atoms with Gasteiger partial charge in [-0.1, -0.05) is 38.1 Å². The number of nitrogens with one attached hydrogen (secondary N) is 1. The highest BCUT2D eigenvalue weighted by Gasteiger charge is 2.68. The first-order valence-electron chi connectivity index (χ1n) is 16.6. The van der Waals surface area contributed by atoms with Gasteiger partial charge in [0, 0.05) is 13.1 Å². The quantitative estimate of drug-likeness (QED) is 0.304. The zero-order chi connectivity index (χ0) is 32.1. The topological polar surface area (TPSA) is 86.3 Å². The molecule has 0 spiro atoms. The molecule has 5 aliphatic rings. The van der Waals surface area contributed by atoms with Crippen LogP contribution in [0.5, 0.6) is 5.75 Å². The molecule has 3 aliphatic carbocycles. The van der Waals surface area contributed by atoms with E-state index in [4.69, 9.17) is 18.8 Å². The fraction of sp³-hybridized carbons (Fsp3) is 0.611. The molecule has 242 valence electrons. The number of likely N-dealkylation sites (N-methyl/N-ethyl adjacent to an activating group) is 1. The number of amides is 1. The van der Waals surface area contributed by atoms with E-state index in [0.29, 0.717) is 23.8 Å². The van der Waals surface area contributed by atoms with E-state index < -0.39 is 24.3 Å². The maximum Gasteiger partial charge on any atom is 0.482 e. The van der Waals surface area contributed by atoms with Crippen LogP contribution in [-0.2, 0) is 31.7 Å². The van der Waals surface area contributed by atoms with Crippen LogP contribution in [0.4, 0.5) is 0 Å². The monoisotopic (exact) mass is 616 g/mol. The van der Waals surface area contributed by atoms with E-state index in [2.05, 4.69) is 38.0 Å². The summed E-state index contributed by atoms with van der Waals surface area (Å²) in [6, 6.07) is 15.3. The van der Waals surface area contributed by atoms with Crippen molar-refractivity contribution in [2.75, 3.05) is 20.1 Å². The summed E-state index contributed by atoms with van der Waals surface area (Å²) >= 11 is 0. The lowest BCUT2D eigenvalue weighted by Gasteiger charge is -2.64. The molecule has 6 unspecified atom stereocenters. The highest BCUT2D eigenvalue weighted by atomic mass is 16.7. The molecule has 2 aliphatic heterocycles. The van der Waals surface area contributed by atoms with Gasteiger partial charge in [-0.05, 0) is 113 Å². The van der Waals surface area contributed by atoms with Gasteiger partial charge in [-0.25, -0.2) is 4.79 Å². The third-order valence-electron chi connectivity index (χ3n) is 10.6. The summed E-state index contributed by atoms with van der Waals surface area (Å²) < 4.78 is 25.3.